The lowest BCUT2D eigenvalue weighted by atomic mass is 10.1. The maximum Gasteiger partial charge on any atom is 0.253 e. The summed E-state index contributed by atoms with van der Waals surface area (Å²) in [6, 6.07) is 9.74. The van der Waals surface area contributed by atoms with E-state index in [4.69, 9.17) is 15.2 Å². The molecule has 2 aromatic rings. The molecule has 0 aromatic heterocycles. The number of nitrogens with two attached hydrogens (primary N) is 1. The van der Waals surface area contributed by atoms with Gasteiger partial charge in [0.15, 0.2) is 0 Å². The molecule has 22 heavy (non-hydrogen) atoms. The Morgan fingerprint density at radius 3 is 2.41 bits per heavy atom. The Morgan fingerprint density at radius 2 is 1.77 bits per heavy atom. The quantitative estimate of drug-likeness (QED) is 0.734. The third kappa shape index (κ3) is 3.41. The fourth-order valence-electron chi connectivity index (χ4n) is 1.95. The van der Waals surface area contributed by atoms with Crippen molar-refractivity contribution in [3.8, 4) is 17.2 Å². The van der Waals surface area contributed by atoms with Gasteiger partial charge >= 0.3 is 0 Å². The van der Waals surface area contributed by atoms with Crippen molar-refractivity contribution in [2.45, 2.75) is 6.54 Å². The molecule has 0 atom stereocenters. The van der Waals surface area contributed by atoms with Crippen LogP contribution in [-0.2, 0) is 6.54 Å². The molecule has 0 bridgehead atoms. The first-order valence-corrected chi connectivity index (χ1v) is 6.62. The summed E-state index contributed by atoms with van der Waals surface area (Å²) in [6.07, 6.45) is 0. The molecule has 4 N–H and O–H groups in total. The van der Waals surface area contributed by atoms with Crippen molar-refractivity contribution < 1.29 is 19.4 Å². The SMILES string of the molecule is COc1ccc(CNC(=O)c2cc(OC)ccc2N)c(O)c1. The van der Waals surface area contributed by atoms with Crippen molar-refractivity contribution in [2.75, 3.05) is 20.0 Å². The van der Waals surface area contributed by atoms with Crippen LogP contribution in [0.2, 0.25) is 0 Å². The lowest BCUT2D eigenvalue weighted by Gasteiger charge is -2.11. The average Bonchev–Trinajstić information content (AvgIpc) is 2.53. The molecule has 0 unspecified atom stereocenters. The van der Waals surface area contributed by atoms with Crippen LogP contribution in [0.5, 0.6) is 17.2 Å². The normalized spacial score (nSPS) is 10.1. The van der Waals surface area contributed by atoms with Crippen molar-refractivity contribution in [3.63, 3.8) is 0 Å². The molecule has 6 nitrogen and oxygen atoms in total. The third-order valence-electron chi connectivity index (χ3n) is 3.24. The van der Waals surface area contributed by atoms with E-state index >= 15 is 0 Å². The number of carbonyl (C=O) groups is 1. The number of phenolic OH excluding ortho intramolecular Hbond substituents is 1. The summed E-state index contributed by atoms with van der Waals surface area (Å²) in [5.74, 6) is 0.807. The van der Waals surface area contributed by atoms with Gasteiger partial charge in [0.1, 0.15) is 17.2 Å². The Bertz CT molecular complexity index is 686. The first kappa shape index (κ1) is 15.5. The zero-order valence-electron chi connectivity index (χ0n) is 12.4. The summed E-state index contributed by atoms with van der Waals surface area (Å²) in [4.78, 5) is 12.2. The highest BCUT2D eigenvalue weighted by Gasteiger charge is 2.12. The molecule has 0 aliphatic heterocycles. The molecule has 0 aliphatic rings. The van der Waals surface area contributed by atoms with Gasteiger partial charge in [-0.1, -0.05) is 0 Å². The molecular formula is C16H18N2O4. The summed E-state index contributed by atoms with van der Waals surface area (Å²) < 4.78 is 10.1. The summed E-state index contributed by atoms with van der Waals surface area (Å²) in [5.41, 5.74) is 7.06. The molecule has 0 fully saturated rings. The van der Waals surface area contributed by atoms with Crippen LogP contribution in [0.3, 0.4) is 0 Å². The lowest BCUT2D eigenvalue weighted by Crippen LogP contribution is -2.23. The fraction of sp³-hybridized carbons (Fsp3) is 0.188. The van der Waals surface area contributed by atoms with Crippen molar-refractivity contribution in [1.29, 1.82) is 0 Å². The predicted molar refractivity (Wildman–Crippen MR) is 83.2 cm³/mol. The predicted octanol–water partition coefficient (Wildman–Crippen LogP) is 1.92. The number of benzene rings is 2. The van der Waals surface area contributed by atoms with Gasteiger partial charge in [0.05, 0.1) is 19.8 Å². The third-order valence-corrected chi connectivity index (χ3v) is 3.24. The molecule has 0 radical (unpaired) electrons. The highest BCUT2D eigenvalue weighted by atomic mass is 16.5. The topological polar surface area (TPSA) is 93.8 Å². The number of carbonyl (C=O) groups excluding carboxylic acids is 1. The molecule has 0 aliphatic carbocycles. The number of hydrogen-bond acceptors (Lipinski definition) is 5. The van der Waals surface area contributed by atoms with Gasteiger partial charge in [-0.3, -0.25) is 4.79 Å². The number of nitrogens with one attached hydrogen (secondary N) is 1. The van der Waals surface area contributed by atoms with Crippen LogP contribution >= 0.6 is 0 Å². The number of anilines is 1. The minimum absolute atomic E-state index is 0.0539. The van der Waals surface area contributed by atoms with E-state index < -0.39 is 0 Å². The van der Waals surface area contributed by atoms with E-state index in [9.17, 15) is 9.90 Å². The average molecular weight is 302 g/mol. The Labute approximate surface area is 128 Å². The number of aromatic hydroxyl groups is 1. The van der Waals surface area contributed by atoms with E-state index in [1.165, 1.54) is 20.3 Å². The first-order chi connectivity index (χ1) is 10.5. The Balaban J connectivity index is 2.10. The van der Waals surface area contributed by atoms with Gasteiger partial charge in [0.25, 0.3) is 5.91 Å². The van der Waals surface area contributed by atoms with E-state index in [0.717, 1.165) is 0 Å². The number of amides is 1. The molecule has 2 aromatic carbocycles. The van der Waals surface area contributed by atoms with E-state index in [2.05, 4.69) is 5.32 Å². The summed E-state index contributed by atoms with van der Waals surface area (Å²) in [6.45, 7) is 0.172. The number of hydrogen-bond donors (Lipinski definition) is 3. The van der Waals surface area contributed by atoms with Crippen LogP contribution < -0.4 is 20.5 Å². The van der Waals surface area contributed by atoms with Gasteiger partial charge < -0.3 is 25.6 Å². The molecule has 0 spiro atoms. The van der Waals surface area contributed by atoms with Crippen LogP contribution in [0.15, 0.2) is 36.4 Å². The second kappa shape index (κ2) is 6.71. The van der Waals surface area contributed by atoms with Crippen LogP contribution in [0.25, 0.3) is 0 Å². The number of methoxy groups -OCH3 is 2. The number of rotatable bonds is 5. The molecule has 0 saturated heterocycles. The fourth-order valence-corrected chi connectivity index (χ4v) is 1.95. The van der Waals surface area contributed by atoms with Crippen LogP contribution in [0.1, 0.15) is 15.9 Å². The summed E-state index contributed by atoms with van der Waals surface area (Å²) in [5, 5.41) is 12.6. The highest BCUT2D eigenvalue weighted by molar-refractivity contribution is 5.99. The Morgan fingerprint density at radius 1 is 1.14 bits per heavy atom. The summed E-state index contributed by atoms with van der Waals surface area (Å²) in [7, 11) is 3.03. The highest BCUT2D eigenvalue weighted by Crippen LogP contribution is 2.24. The second-order valence-electron chi connectivity index (χ2n) is 4.63. The standard InChI is InChI=1S/C16H18N2O4/c1-21-11-5-6-14(17)13(7-11)16(20)18-9-10-3-4-12(22-2)8-15(10)19/h3-8,19H,9,17H2,1-2H3,(H,18,20). The van der Waals surface area contributed by atoms with Gasteiger partial charge in [-0.25, -0.2) is 0 Å². The minimum atomic E-state index is -0.341. The molecule has 0 saturated carbocycles. The Hall–Kier alpha value is -2.89. The molecule has 0 heterocycles. The van der Waals surface area contributed by atoms with E-state index in [0.29, 0.717) is 28.3 Å². The van der Waals surface area contributed by atoms with Gasteiger partial charge in [-0.2, -0.15) is 0 Å². The lowest BCUT2D eigenvalue weighted by molar-refractivity contribution is 0.0951. The van der Waals surface area contributed by atoms with Crippen molar-refractivity contribution >= 4 is 11.6 Å². The zero-order chi connectivity index (χ0) is 16.1. The van der Waals surface area contributed by atoms with Gasteiger partial charge in [0, 0.05) is 23.9 Å². The summed E-state index contributed by atoms with van der Waals surface area (Å²) >= 11 is 0. The van der Waals surface area contributed by atoms with Gasteiger partial charge in [-0.05, 0) is 30.3 Å². The van der Waals surface area contributed by atoms with Gasteiger partial charge in [-0.15, -0.1) is 0 Å². The largest absolute Gasteiger partial charge is 0.507 e. The zero-order valence-corrected chi connectivity index (χ0v) is 12.4. The first-order valence-electron chi connectivity index (χ1n) is 6.62. The van der Waals surface area contributed by atoms with Crippen molar-refractivity contribution in [3.05, 3.63) is 47.5 Å². The number of ether oxygens (including phenoxy) is 2. The van der Waals surface area contributed by atoms with Crippen molar-refractivity contribution in [1.82, 2.24) is 5.32 Å². The Kier molecular flexibility index (Phi) is 4.73. The molecule has 6 heteroatoms. The smallest absolute Gasteiger partial charge is 0.253 e. The molecule has 116 valence electrons. The maximum absolute atomic E-state index is 12.2. The van der Waals surface area contributed by atoms with Crippen LogP contribution in [-0.4, -0.2) is 25.2 Å². The van der Waals surface area contributed by atoms with Crippen LogP contribution in [0.4, 0.5) is 5.69 Å². The second-order valence-corrected chi connectivity index (χ2v) is 4.63. The molecular weight excluding hydrogens is 284 g/mol. The van der Waals surface area contributed by atoms with E-state index in [1.807, 2.05) is 0 Å². The van der Waals surface area contributed by atoms with E-state index in [-0.39, 0.29) is 18.2 Å². The number of nitrogen functional groups attached to an aromatic ring is 1. The van der Waals surface area contributed by atoms with Crippen LogP contribution in [0, 0.1) is 0 Å². The number of phenols is 1. The molecule has 1 amide bonds. The van der Waals surface area contributed by atoms with Crippen molar-refractivity contribution in [2.24, 2.45) is 0 Å². The maximum atomic E-state index is 12.2. The van der Waals surface area contributed by atoms with Gasteiger partial charge in [0.2, 0.25) is 0 Å². The monoisotopic (exact) mass is 302 g/mol. The molecule has 2 rings (SSSR count). The minimum Gasteiger partial charge on any atom is -0.507 e. The van der Waals surface area contributed by atoms with E-state index in [1.54, 1.807) is 30.3 Å².